The van der Waals surface area contributed by atoms with Gasteiger partial charge < -0.3 is 14.5 Å². The summed E-state index contributed by atoms with van der Waals surface area (Å²) in [5.41, 5.74) is 3.14. The molecule has 0 radical (unpaired) electrons. The van der Waals surface area contributed by atoms with Crippen molar-refractivity contribution in [3.05, 3.63) is 59.6 Å². The van der Waals surface area contributed by atoms with Crippen LogP contribution in [0, 0.1) is 0 Å². The van der Waals surface area contributed by atoms with E-state index in [2.05, 4.69) is 15.3 Å². The molecule has 1 amide bonds. The Hall–Kier alpha value is -3.32. The van der Waals surface area contributed by atoms with E-state index in [9.17, 15) is 4.79 Å². The molecule has 6 nitrogen and oxygen atoms in total. The van der Waals surface area contributed by atoms with Crippen LogP contribution in [0.15, 0.2) is 53.9 Å². The van der Waals surface area contributed by atoms with Crippen molar-refractivity contribution in [1.29, 1.82) is 0 Å². The number of ether oxygens (including phenoxy) is 2. The zero-order chi connectivity index (χ0) is 18.2. The zero-order valence-corrected chi connectivity index (χ0v) is 15.0. The molecule has 1 aliphatic rings. The SMILES string of the molecule is O=C(Nc1nc(-c2ccc3c(c2)OCCO3)cs1)c1cc2ccccc2[nH]1. The van der Waals surface area contributed by atoms with E-state index in [-0.39, 0.29) is 5.91 Å². The van der Waals surface area contributed by atoms with Gasteiger partial charge >= 0.3 is 0 Å². The van der Waals surface area contributed by atoms with Gasteiger partial charge in [0.15, 0.2) is 16.6 Å². The quantitative estimate of drug-likeness (QED) is 0.558. The van der Waals surface area contributed by atoms with Gasteiger partial charge in [0, 0.05) is 21.8 Å². The fourth-order valence-electron chi connectivity index (χ4n) is 3.03. The maximum atomic E-state index is 12.5. The molecule has 0 fully saturated rings. The second-order valence-electron chi connectivity index (χ2n) is 6.12. The number of anilines is 1. The summed E-state index contributed by atoms with van der Waals surface area (Å²) in [6, 6.07) is 15.3. The molecule has 0 saturated heterocycles. The second kappa shape index (κ2) is 6.44. The lowest BCUT2D eigenvalue weighted by molar-refractivity contribution is 0.102. The number of thiazole rings is 1. The molecule has 0 saturated carbocycles. The van der Waals surface area contributed by atoms with Gasteiger partial charge in [0.1, 0.15) is 18.9 Å². The second-order valence-corrected chi connectivity index (χ2v) is 6.98. The fraction of sp³-hybridized carbons (Fsp3) is 0.100. The van der Waals surface area contributed by atoms with Gasteiger partial charge in [0.05, 0.1) is 5.69 Å². The van der Waals surface area contributed by atoms with Crippen LogP contribution in [0.25, 0.3) is 22.2 Å². The highest BCUT2D eigenvalue weighted by atomic mass is 32.1. The molecule has 0 aliphatic carbocycles. The lowest BCUT2D eigenvalue weighted by Gasteiger charge is -2.18. The minimum atomic E-state index is -0.214. The van der Waals surface area contributed by atoms with E-state index in [4.69, 9.17) is 9.47 Å². The molecule has 2 aromatic heterocycles. The molecule has 5 rings (SSSR count). The van der Waals surface area contributed by atoms with E-state index in [1.165, 1.54) is 11.3 Å². The number of para-hydroxylation sites is 1. The number of aromatic amines is 1. The van der Waals surface area contributed by atoms with E-state index in [1.54, 1.807) is 0 Å². The summed E-state index contributed by atoms with van der Waals surface area (Å²) in [4.78, 5) is 20.2. The monoisotopic (exact) mass is 377 g/mol. The van der Waals surface area contributed by atoms with Gasteiger partial charge in [0.25, 0.3) is 5.91 Å². The number of amides is 1. The van der Waals surface area contributed by atoms with Gasteiger partial charge in [-0.15, -0.1) is 11.3 Å². The van der Waals surface area contributed by atoms with Crippen molar-refractivity contribution in [2.45, 2.75) is 0 Å². The number of hydrogen-bond donors (Lipinski definition) is 2. The Morgan fingerprint density at radius 3 is 2.81 bits per heavy atom. The van der Waals surface area contributed by atoms with Crippen molar-refractivity contribution in [1.82, 2.24) is 9.97 Å². The third-order valence-electron chi connectivity index (χ3n) is 4.34. The largest absolute Gasteiger partial charge is 0.486 e. The van der Waals surface area contributed by atoms with Crippen molar-refractivity contribution >= 4 is 33.3 Å². The summed E-state index contributed by atoms with van der Waals surface area (Å²) in [6.07, 6.45) is 0. The third-order valence-corrected chi connectivity index (χ3v) is 5.09. The summed E-state index contributed by atoms with van der Waals surface area (Å²) >= 11 is 1.38. The predicted molar refractivity (Wildman–Crippen MR) is 105 cm³/mol. The molecule has 7 heteroatoms. The number of fused-ring (bicyclic) bond motifs is 2. The summed E-state index contributed by atoms with van der Waals surface area (Å²) in [6.45, 7) is 1.10. The number of carbonyl (C=O) groups is 1. The Bertz CT molecular complexity index is 1120. The molecule has 4 aromatic rings. The molecule has 2 aromatic carbocycles. The van der Waals surface area contributed by atoms with Crippen LogP contribution in [-0.4, -0.2) is 29.1 Å². The zero-order valence-electron chi connectivity index (χ0n) is 14.2. The molecule has 1 aliphatic heterocycles. The van der Waals surface area contributed by atoms with Crippen LogP contribution >= 0.6 is 11.3 Å². The highest BCUT2D eigenvalue weighted by Gasteiger charge is 2.15. The topological polar surface area (TPSA) is 76.2 Å². The molecule has 0 bridgehead atoms. The number of nitrogens with one attached hydrogen (secondary N) is 2. The van der Waals surface area contributed by atoms with Crippen molar-refractivity contribution in [2.75, 3.05) is 18.5 Å². The van der Waals surface area contributed by atoms with Crippen molar-refractivity contribution < 1.29 is 14.3 Å². The maximum absolute atomic E-state index is 12.5. The normalized spacial score (nSPS) is 12.9. The molecular weight excluding hydrogens is 362 g/mol. The van der Waals surface area contributed by atoms with Gasteiger partial charge in [-0.3, -0.25) is 10.1 Å². The van der Waals surface area contributed by atoms with E-state index < -0.39 is 0 Å². The minimum absolute atomic E-state index is 0.214. The Balaban J connectivity index is 1.36. The number of H-pyrrole nitrogens is 1. The first-order chi connectivity index (χ1) is 13.3. The van der Waals surface area contributed by atoms with E-state index in [0.29, 0.717) is 24.0 Å². The van der Waals surface area contributed by atoms with Gasteiger partial charge in [0.2, 0.25) is 0 Å². The van der Waals surface area contributed by atoms with E-state index in [1.807, 2.05) is 53.9 Å². The van der Waals surface area contributed by atoms with Crippen LogP contribution in [0.1, 0.15) is 10.5 Å². The number of hydrogen-bond acceptors (Lipinski definition) is 5. The van der Waals surface area contributed by atoms with Gasteiger partial charge in [-0.2, -0.15) is 0 Å². The molecular formula is C20H15N3O3S. The molecule has 0 unspecified atom stereocenters. The van der Waals surface area contributed by atoms with E-state index in [0.717, 1.165) is 33.7 Å². The molecule has 134 valence electrons. The van der Waals surface area contributed by atoms with Crippen LogP contribution in [0.5, 0.6) is 11.5 Å². The number of aromatic nitrogens is 2. The predicted octanol–water partition coefficient (Wildman–Crippen LogP) is 4.31. The van der Waals surface area contributed by atoms with Crippen LogP contribution in [0.2, 0.25) is 0 Å². The van der Waals surface area contributed by atoms with Crippen LogP contribution in [-0.2, 0) is 0 Å². The first kappa shape index (κ1) is 15.9. The summed E-state index contributed by atoms with van der Waals surface area (Å²) in [5.74, 6) is 1.25. The average molecular weight is 377 g/mol. The number of benzene rings is 2. The summed E-state index contributed by atoms with van der Waals surface area (Å²) in [5, 5.41) is 6.31. The fourth-order valence-corrected chi connectivity index (χ4v) is 3.74. The van der Waals surface area contributed by atoms with Crippen LogP contribution < -0.4 is 14.8 Å². The Morgan fingerprint density at radius 1 is 1.07 bits per heavy atom. The lowest BCUT2D eigenvalue weighted by atomic mass is 10.1. The number of carbonyl (C=O) groups excluding carboxylic acids is 1. The van der Waals surface area contributed by atoms with Gasteiger partial charge in [-0.25, -0.2) is 4.98 Å². The smallest absolute Gasteiger partial charge is 0.273 e. The average Bonchev–Trinajstić information content (AvgIpc) is 3.34. The Kier molecular flexibility index (Phi) is 3.79. The highest BCUT2D eigenvalue weighted by Crippen LogP contribution is 2.35. The maximum Gasteiger partial charge on any atom is 0.273 e. The number of nitrogens with zero attached hydrogens (tertiary/aromatic N) is 1. The summed E-state index contributed by atoms with van der Waals surface area (Å²) in [7, 11) is 0. The molecule has 0 spiro atoms. The van der Waals surface area contributed by atoms with Gasteiger partial charge in [-0.05, 0) is 30.3 Å². The molecule has 2 N–H and O–H groups in total. The number of rotatable bonds is 3. The standard InChI is InChI=1S/C20H15N3O3S/c24-19(15-9-12-3-1-2-4-14(12)21-15)23-20-22-16(11-27-20)13-5-6-17-18(10-13)26-8-7-25-17/h1-6,9-11,21H,7-8H2,(H,22,23,24). The van der Waals surface area contributed by atoms with Crippen molar-refractivity contribution in [2.24, 2.45) is 0 Å². The van der Waals surface area contributed by atoms with Crippen molar-refractivity contribution in [3.8, 4) is 22.8 Å². The van der Waals surface area contributed by atoms with Crippen molar-refractivity contribution in [3.63, 3.8) is 0 Å². The minimum Gasteiger partial charge on any atom is -0.486 e. The molecule has 27 heavy (non-hydrogen) atoms. The Labute approximate surface area is 158 Å². The first-order valence-electron chi connectivity index (χ1n) is 8.51. The first-order valence-corrected chi connectivity index (χ1v) is 9.39. The van der Waals surface area contributed by atoms with Gasteiger partial charge in [-0.1, -0.05) is 18.2 Å². The van der Waals surface area contributed by atoms with Crippen LogP contribution in [0.3, 0.4) is 0 Å². The molecule has 0 atom stereocenters. The third kappa shape index (κ3) is 3.02. The lowest BCUT2D eigenvalue weighted by Crippen LogP contribution is -2.15. The summed E-state index contributed by atoms with van der Waals surface area (Å²) < 4.78 is 11.2. The van der Waals surface area contributed by atoms with E-state index >= 15 is 0 Å². The Morgan fingerprint density at radius 2 is 1.93 bits per heavy atom. The van der Waals surface area contributed by atoms with Crippen LogP contribution in [0.4, 0.5) is 5.13 Å². The highest BCUT2D eigenvalue weighted by molar-refractivity contribution is 7.14. The molecule has 3 heterocycles.